The summed E-state index contributed by atoms with van der Waals surface area (Å²) < 4.78 is 2.20. The number of carbonyl (C=O) groups is 1. The standard InChI is InChI=1S/C25H28ClN5O2S/c26-22-8-4-3-7-21(22)24-27-28-25(31(24)19-5-1-2-6-19)34-17-23(33)30-15-13-29(14-16-30)18-9-11-20(32)12-10-18/h3-4,7-12,19,32H,1-2,5-6,13-17H2. The molecule has 3 aromatic rings. The van der Waals surface area contributed by atoms with Gasteiger partial charge in [0, 0.05) is 43.5 Å². The van der Waals surface area contributed by atoms with Crippen LogP contribution in [0.1, 0.15) is 31.7 Å². The second-order valence-electron chi connectivity index (χ2n) is 8.77. The molecule has 2 heterocycles. The number of benzene rings is 2. The van der Waals surface area contributed by atoms with Gasteiger partial charge in [-0.05, 0) is 49.2 Å². The van der Waals surface area contributed by atoms with E-state index >= 15 is 0 Å². The Morgan fingerprint density at radius 2 is 1.71 bits per heavy atom. The number of nitrogens with zero attached hydrogens (tertiary/aromatic N) is 5. The maximum atomic E-state index is 13.0. The summed E-state index contributed by atoms with van der Waals surface area (Å²) in [6.07, 6.45) is 4.57. The van der Waals surface area contributed by atoms with E-state index in [1.807, 2.05) is 41.3 Å². The van der Waals surface area contributed by atoms with Crippen molar-refractivity contribution in [2.45, 2.75) is 36.9 Å². The number of thioether (sulfide) groups is 1. The summed E-state index contributed by atoms with van der Waals surface area (Å²) >= 11 is 7.94. The van der Waals surface area contributed by atoms with Gasteiger partial charge in [-0.3, -0.25) is 9.36 Å². The topological polar surface area (TPSA) is 74.5 Å². The van der Waals surface area contributed by atoms with Gasteiger partial charge in [-0.1, -0.05) is 48.3 Å². The Kier molecular flexibility index (Phi) is 6.97. The first kappa shape index (κ1) is 23.1. The minimum Gasteiger partial charge on any atom is -0.508 e. The summed E-state index contributed by atoms with van der Waals surface area (Å²) in [6, 6.07) is 15.3. The van der Waals surface area contributed by atoms with Gasteiger partial charge in [0.1, 0.15) is 5.75 Å². The summed E-state index contributed by atoms with van der Waals surface area (Å²) in [5, 5.41) is 19.9. The third-order valence-electron chi connectivity index (χ3n) is 6.64. The van der Waals surface area contributed by atoms with E-state index in [4.69, 9.17) is 11.6 Å². The molecular weight excluding hydrogens is 470 g/mol. The molecule has 0 bridgehead atoms. The van der Waals surface area contributed by atoms with E-state index in [1.165, 1.54) is 24.6 Å². The highest BCUT2D eigenvalue weighted by molar-refractivity contribution is 7.99. The molecule has 9 heteroatoms. The first-order chi connectivity index (χ1) is 16.6. The van der Waals surface area contributed by atoms with Crippen LogP contribution in [0, 0.1) is 0 Å². The molecule has 0 atom stereocenters. The van der Waals surface area contributed by atoms with Gasteiger partial charge in [0.05, 0.1) is 10.8 Å². The first-order valence-corrected chi connectivity index (χ1v) is 13.1. The van der Waals surface area contributed by atoms with Crippen LogP contribution >= 0.6 is 23.4 Å². The molecule has 1 amide bonds. The van der Waals surface area contributed by atoms with Gasteiger partial charge in [-0.15, -0.1) is 10.2 Å². The van der Waals surface area contributed by atoms with Gasteiger partial charge < -0.3 is 14.9 Å². The fourth-order valence-corrected chi connectivity index (χ4v) is 5.92. The Morgan fingerprint density at radius 1 is 1.00 bits per heavy atom. The number of carbonyl (C=O) groups excluding carboxylic acids is 1. The Morgan fingerprint density at radius 3 is 2.41 bits per heavy atom. The molecular formula is C25H28ClN5O2S. The lowest BCUT2D eigenvalue weighted by molar-refractivity contribution is -0.128. The average molecular weight is 498 g/mol. The zero-order valence-corrected chi connectivity index (χ0v) is 20.5. The van der Waals surface area contributed by atoms with Crippen LogP contribution in [0.2, 0.25) is 5.02 Å². The first-order valence-electron chi connectivity index (χ1n) is 11.7. The molecule has 0 spiro atoms. The Bertz CT molecular complexity index is 1140. The molecule has 1 aromatic heterocycles. The molecule has 5 rings (SSSR count). The molecule has 34 heavy (non-hydrogen) atoms. The van der Waals surface area contributed by atoms with Gasteiger partial charge in [0.15, 0.2) is 11.0 Å². The van der Waals surface area contributed by atoms with E-state index in [-0.39, 0.29) is 11.7 Å². The van der Waals surface area contributed by atoms with Crippen LogP contribution in [0.3, 0.4) is 0 Å². The van der Waals surface area contributed by atoms with Crippen LogP contribution in [0.25, 0.3) is 11.4 Å². The van der Waals surface area contributed by atoms with Crippen molar-refractivity contribution in [3.05, 3.63) is 53.6 Å². The van der Waals surface area contributed by atoms with Gasteiger partial charge in [0.25, 0.3) is 0 Å². The predicted molar refractivity (Wildman–Crippen MR) is 136 cm³/mol. The maximum absolute atomic E-state index is 13.0. The third kappa shape index (κ3) is 4.88. The summed E-state index contributed by atoms with van der Waals surface area (Å²) in [7, 11) is 0. The van der Waals surface area contributed by atoms with Crippen LogP contribution in [-0.4, -0.2) is 62.6 Å². The van der Waals surface area contributed by atoms with Crippen molar-refractivity contribution in [2.24, 2.45) is 0 Å². The number of anilines is 1. The molecule has 1 aliphatic carbocycles. The van der Waals surface area contributed by atoms with Crippen LogP contribution < -0.4 is 4.90 Å². The molecule has 0 radical (unpaired) electrons. The number of aromatic hydroxyl groups is 1. The molecule has 1 N–H and O–H groups in total. The summed E-state index contributed by atoms with van der Waals surface area (Å²) in [4.78, 5) is 17.2. The molecule has 1 saturated heterocycles. The van der Waals surface area contributed by atoms with Crippen LogP contribution in [0.4, 0.5) is 5.69 Å². The normalized spacial score (nSPS) is 16.9. The molecule has 1 saturated carbocycles. The number of phenols is 1. The SMILES string of the molecule is O=C(CSc1nnc(-c2ccccc2Cl)n1C1CCCC1)N1CCN(c2ccc(O)cc2)CC1. The molecule has 2 fully saturated rings. The quantitative estimate of drug-likeness (QED) is 0.490. The zero-order valence-electron chi connectivity index (χ0n) is 18.9. The number of amides is 1. The van der Waals surface area contributed by atoms with E-state index < -0.39 is 0 Å². The van der Waals surface area contributed by atoms with Crippen molar-refractivity contribution in [3.8, 4) is 17.1 Å². The van der Waals surface area contributed by atoms with Gasteiger partial charge >= 0.3 is 0 Å². The number of phenolic OH excluding ortho intramolecular Hbond substituents is 1. The van der Waals surface area contributed by atoms with Crippen molar-refractivity contribution in [1.82, 2.24) is 19.7 Å². The van der Waals surface area contributed by atoms with Crippen LogP contribution in [0.15, 0.2) is 53.7 Å². The lowest BCUT2D eigenvalue weighted by Crippen LogP contribution is -2.49. The molecule has 0 unspecified atom stereocenters. The second kappa shape index (κ2) is 10.3. The van der Waals surface area contributed by atoms with Crippen molar-refractivity contribution in [1.29, 1.82) is 0 Å². The lowest BCUT2D eigenvalue weighted by Gasteiger charge is -2.36. The number of piperazine rings is 1. The summed E-state index contributed by atoms with van der Waals surface area (Å²) in [5.41, 5.74) is 1.95. The largest absolute Gasteiger partial charge is 0.508 e. The fraction of sp³-hybridized carbons (Fsp3) is 0.400. The highest BCUT2D eigenvalue weighted by Crippen LogP contribution is 2.38. The van der Waals surface area contributed by atoms with Crippen LogP contribution in [0.5, 0.6) is 5.75 Å². The summed E-state index contributed by atoms with van der Waals surface area (Å²) in [6.45, 7) is 2.91. The highest BCUT2D eigenvalue weighted by Gasteiger charge is 2.27. The molecule has 7 nitrogen and oxygen atoms in total. The van der Waals surface area contributed by atoms with E-state index in [0.717, 1.165) is 48.2 Å². The summed E-state index contributed by atoms with van der Waals surface area (Å²) in [5.74, 6) is 1.51. The maximum Gasteiger partial charge on any atom is 0.233 e. The average Bonchev–Trinajstić information content (AvgIpc) is 3.53. The van der Waals surface area contributed by atoms with E-state index in [9.17, 15) is 9.90 Å². The van der Waals surface area contributed by atoms with Gasteiger partial charge in [-0.2, -0.15) is 0 Å². The van der Waals surface area contributed by atoms with E-state index in [1.54, 1.807) is 12.1 Å². The molecule has 178 valence electrons. The number of halogens is 1. The fourth-order valence-electron chi connectivity index (χ4n) is 4.79. The van der Waals surface area contributed by atoms with Crippen molar-refractivity contribution < 1.29 is 9.90 Å². The second-order valence-corrected chi connectivity index (χ2v) is 10.1. The van der Waals surface area contributed by atoms with Crippen LogP contribution in [-0.2, 0) is 4.79 Å². The monoisotopic (exact) mass is 497 g/mol. The van der Waals surface area contributed by atoms with Gasteiger partial charge in [0.2, 0.25) is 5.91 Å². The zero-order chi connectivity index (χ0) is 23.5. The Hall–Kier alpha value is -2.71. The lowest BCUT2D eigenvalue weighted by atomic mass is 10.2. The van der Waals surface area contributed by atoms with E-state index in [0.29, 0.717) is 29.9 Å². The minimum atomic E-state index is 0.121. The van der Waals surface area contributed by atoms with Gasteiger partial charge in [-0.25, -0.2) is 0 Å². The smallest absolute Gasteiger partial charge is 0.233 e. The number of hydrogen-bond donors (Lipinski definition) is 1. The Balaban J connectivity index is 1.25. The number of aromatic nitrogens is 3. The Labute approximate surface area is 208 Å². The molecule has 2 aromatic carbocycles. The third-order valence-corrected chi connectivity index (χ3v) is 7.90. The molecule has 1 aliphatic heterocycles. The predicted octanol–water partition coefficient (Wildman–Crippen LogP) is 4.86. The minimum absolute atomic E-state index is 0.121. The van der Waals surface area contributed by atoms with Crippen molar-refractivity contribution >= 4 is 35.0 Å². The highest BCUT2D eigenvalue weighted by atomic mass is 35.5. The molecule has 2 aliphatic rings. The van der Waals surface area contributed by atoms with Crippen molar-refractivity contribution in [3.63, 3.8) is 0 Å². The number of hydrogen-bond acceptors (Lipinski definition) is 6. The number of rotatable bonds is 6. The van der Waals surface area contributed by atoms with E-state index in [2.05, 4.69) is 19.7 Å². The van der Waals surface area contributed by atoms with Crippen molar-refractivity contribution in [2.75, 3.05) is 36.8 Å².